The van der Waals surface area contributed by atoms with Crippen LogP contribution < -0.4 is 5.73 Å². The third-order valence-electron chi connectivity index (χ3n) is 3.23. The summed E-state index contributed by atoms with van der Waals surface area (Å²) >= 11 is 4.87. The molecule has 20 heavy (non-hydrogen) atoms. The van der Waals surface area contributed by atoms with Gasteiger partial charge < -0.3 is 10.6 Å². The normalized spacial score (nSPS) is 11.3. The lowest BCUT2D eigenvalue weighted by Gasteiger charge is -2.21. The highest BCUT2D eigenvalue weighted by molar-refractivity contribution is 7.80. The van der Waals surface area contributed by atoms with Crippen LogP contribution in [0.25, 0.3) is 0 Å². The standard InChI is InChI=1S/C15H24FN3S/c1-4-19(9-5-8-18(2)3)11-12-6-7-14(16)13(10-12)15(17)20/h6-7,10H,4-5,8-9,11H2,1-3H3,(H2,17,20). The van der Waals surface area contributed by atoms with Crippen LogP contribution in [-0.2, 0) is 6.54 Å². The molecule has 0 aromatic heterocycles. The molecule has 0 atom stereocenters. The Hall–Kier alpha value is -1.04. The largest absolute Gasteiger partial charge is 0.389 e. The Morgan fingerprint density at radius 3 is 2.55 bits per heavy atom. The molecular formula is C15H24FN3S. The molecule has 0 fully saturated rings. The molecule has 5 heteroatoms. The molecule has 0 saturated heterocycles. The fourth-order valence-electron chi connectivity index (χ4n) is 2.08. The van der Waals surface area contributed by atoms with E-state index in [-0.39, 0.29) is 10.8 Å². The molecule has 0 bridgehead atoms. The summed E-state index contributed by atoms with van der Waals surface area (Å²) in [6.07, 6.45) is 1.12. The molecule has 3 nitrogen and oxygen atoms in total. The van der Waals surface area contributed by atoms with Crippen molar-refractivity contribution < 1.29 is 4.39 Å². The summed E-state index contributed by atoms with van der Waals surface area (Å²) in [4.78, 5) is 4.62. The number of hydrogen-bond donors (Lipinski definition) is 1. The lowest BCUT2D eigenvalue weighted by atomic mass is 10.1. The van der Waals surface area contributed by atoms with Crippen LogP contribution in [0.5, 0.6) is 0 Å². The Labute approximate surface area is 126 Å². The zero-order valence-corrected chi connectivity index (χ0v) is 13.3. The van der Waals surface area contributed by atoms with E-state index in [1.807, 2.05) is 0 Å². The van der Waals surface area contributed by atoms with E-state index >= 15 is 0 Å². The quantitative estimate of drug-likeness (QED) is 0.746. The summed E-state index contributed by atoms with van der Waals surface area (Å²) in [5, 5.41) is 0. The SMILES string of the molecule is CCN(CCCN(C)C)Cc1ccc(F)c(C(N)=S)c1. The topological polar surface area (TPSA) is 32.5 Å². The molecule has 2 N–H and O–H groups in total. The van der Waals surface area contributed by atoms with Gasteiger partial charge in [0, 0.05) is 12.1 Å². The Balaban J connectivity index is 2.65. The molecule has 0 unspecified atom stereocenters. The second-order valence-electron chi connectivity index (χ2n) is 5.20. The Morgan fingerprint density at radius 1 is 1.30 bits per heavy atom. The molecule has 0 heterocycles. The molecule has 0 aliphatic heterocycles. The van der Waals surface area contributed by atoms with Crippen LogP contribution in [0.4, 0.5) is 4.39 Å². The number of rotatable bonds is 8. The van der Waals surface area contributed by atoms with Gasteiger partial charge >= 0.3 is 0 Å². The minimum absolute atomic E-state index is 0.111. The predicted molar refractivity (Wildman–Crippen MR) is 86.4 cm³/mol. The van der Waals surface area contributed by atoms with Gasteiger partial charge in [-0.1, -0.05) is 25.2 Å². The van der Waals surface area contributed by atoms with Crippen molar-refractivity contribution in [1.29, 1.82) is 0 Å². The van der Waals surface area contributed by atoms with Gasteiger partial charge in [0.1, 0.15) is 10.8 Å². The maximum absolute atomic E-state index is 13.5. The average molecular weight is 297 g/mol. The number of halogens is 1. The lowest BCUT2D eigenvalue weighted by molar-refractivity contribution is 0.259. The minimum Gasteiger partial charge on any atom is -0.389 e. The first-order valence-corrected chi connectivity index (χ1v) is 7.30. The molecule has 0 spiro atoms. The molecule has 0 amide bonds. The van der Waals surface area contributed by atoms with Crippen LogP contribution in [0.15, 0.2) is 18.2 Å². The number of benzene rings is 1. The van der Waals surface area contributed by atoms with E-state index in [1.165, 1.54) is 6.07 Å². The van der Waals surface area contributed by atoms with Gasteiger partial charge in [-0.2, -0.15) is 0 Å². The van der Waals surface area contributed by atoms with Crippen LogP contribution in [0.1, 0.15) is 24.5 Å². The molecule has 0 saturated carbocycles. The Bertz CT molecular complexity index is 449. The van der Waals surface area contributed by atoms with Gasteiger partial charge in [0.2, 0.25) is 0 Å². The van der Waals surface area contributed by atoms with Gasteiger partial charge in [-0.25, -0.2) is 4.39 Å². The highest BCUT2D eigenvalue weighted by Gasteiger charge is 2.09. The average Bonchev–Trinajstić information content (AvgIpc) is 2.38. The summed E-state index contributed by atoms with van der Waals surface area (Å²) in [5.74, 6) is -0.350. The van der Waals surface area contributed by atoms with E-state index in [9.17, 15) is 4.39 Å². The van der Waals surface area contributed by atoms with E-state index in [0.717, 1.165) is 38.2 Å². The minimum atomic E-state index is -0.350. The zero-order chi connectivity index (χ0) is 15.1. The van der Waals surface area contributed by atoms with Gasteiger partial charge in [-0.3, -0.25) is 4.90 Å². The smallest absolute Gasteiger partial charge is 0.133 e. The molecule has 1 aromatic rings. The second kappa shape index (κ2) is 8.29. The predicted octanol–water partition coefficient (Wildman–Crippen LogP) is 2.23. The van der Waals surface area contributed by atoms with Crippen molar-refractivity contribution in [3.63, 3.8) is 0 Å². The van der Waals surface area contributed by atoms with Crippen molar-refractivity contribution in [3.05, 3.63) is 35.1 Å². The highest BCUT2D eigenvalue weighted by Crippen LogP contribution is 2.13. The summed E-state index contributed by atoms with van der Waals surface area (Å²) in [6.45, 7) is 5.98. The first-order valence-electron chi connectivity index (χ1n) is 6.89. The number of nitrogens with zero attached hydrogens (tertiary/aromatic N) is 2. The molecule has 1 aromatic carbocycles. The van der Waals surface area contributed by atoms with Gasteiger partial charge in [-0.15, -0.1) is 0 Å². The first-order chi connectivity index (χ1) is 9.43. The van der Waals surface area contributed by atoms with E-state index in [2.05, 4.69) is 30.8 Å². The third-order valence-corrected chi connectivity index (χ3v) is 3.45. The summed E-state index contributed by atoms with van der Waals surface area (Å²) < 4.78 is 13.5. The maximum atomic E-state index is 13.5. The summed E-state index contributed by atoms with van der Waals surface area (Å²) in [6, 6.07) is 5.00. The van der Waals surface area contributed by atoms with Crippen molar-refractivity contribution in [2.75, 3.05) is 33.7 Å². The highest BCUT2D eigenvalue weighted by atomic mass is 32.1. The Morgan fingerprint density at radius 2 is 2.00 bits per heavy atom. The van der Waals surface area contributed by atoms with Crippen LogP contribution in [0, 0.1) is 5.82 Å². The fraction of sp³-hybridized carbons (Fsp3) is 0.533. The van der Waals surface area contributed by atoms with Crippen LogP contribution in [0.2, 0.25) is 0 Å². The number of thiocarbonyl (C=S) groups is 1. The molecule has 0 radical (unpaired) electrons. The van der Waals surface area contributed by atoms with Crippen molar-refractivity contribution in [1.82, 2.24) is 9.80 Å². The summed E-state index contributed by atoms with van der Waals surface area (Å²) in [7, 11) is 4.15. The van der Waals surface area contributed by atoms with Crippen LogP contribution >= 0.6 is 12.2 Å². The first kappa shape index (κ1) is 17.0. The van der Waals surface area contributed by atoms with E-state index in [1.54, 1.807) is 12.1 Å². The van der Waals surface area contributed by atoms with Crippen molar-refractivity contribution in [2.24, 2.45) is 5.73 Å². The number of nitrogens with two attached hydrogens (primary N) is 1. The summed E-state index contributed by atoms with van der Waals surface area (Å²) in [5.41, 5.74) is 6.91. The Kier molecular flexibility index (Phi) is 7.05. The van der Waals surface area contributed by atoms with E-state index < -0.39 is 0 Å². The van der Waals surface area contributed by atoms with Gasteiger partial charge in [0.25, 0.3) is 0 Å². The maximum Gasteiger partial charge on any atom is 0.133 e. The molecule has 0 aliphatic carbocycles. The van der Waals surface area contributed by atoms with E-state index in [0.29, 0.717) is 5.56 Å². The van der Waals surface area contributed by atoms with Crippen molar-refractivity contribution >= 4 is 17.2 Å². The molecule has 112 valence electrons. The monoisotopic (exact) mass is 297 g/mol. The van der Waals surface area contributed by atoms with E-state index in [4.69, 9.17) is 18.0 Å². The molecular weight excluding hydrogens is 273 g/mol. The molecule has 1 rings (SSSR count). The lowest BCUT2D eigenvalue weighted by Crippen LogP contribution is -2.27. The zero-order valence-electron chi connectivity index (χ0n) is 12.5. The van der Waals surface area contributed by atoms with Gasteiger partial charge in [0.05, 0.1) is 0 Å². The van der Waals surface area contributed by atoms with Crippen molar-refractivity contribution in [3.8, 4) is 0 Å². The van der Waals surface area contributed by atoms with Gasteiger partial charge in [-0.05, 0) is 57.8 Å². The van der Waals surface area contributed by atoms with Gasteiger partial charge in [0.15, 0.2) is 0 Å². The fourth-order valence-corrected chi connectivity index (χ4v) is 2.23. The van der Waals surface area contributed by atoms with Crippen LogP contribution in [-0.4, -0.2) is 48.5 Å². The van der Waals surface area contributed by atoms with Crippen LogP contribution in [0.3, 0.4) is 0 Å². The number of hydrogen-bond acceptors (Lipinski definition) is 3. The second-order valence-corrected chi connectivity index (χ2v) is 5.64. The third kappa shape index (κ3) is 5.53. The van der Waals surface area contributed by atoms with Crippen molar-refractivity contribution in [2.45, 2.75) is 19.9 Å². The molecule has 0 aliphatic rings.